The topological polar surface area (TPSA) is 131 Å². The predicted molar refractivity (Wildman–Crippen MR) is 106 cm³/mol. The highest BCUT2D eigenvalue weighted by molar-refractivity contribution is 5.71. The Bertz CT molecular complexity index is 681. The molecule has 0 bridgehead atoms. The standard InChI is InChI=1S/C16H25N5O5.C2H6/c1-15(2,3)26-12(22)9-16(23)5-7-20(8-6-16)14-18-10-11(21(24)25)13(17-4)19-14;1-2/h10,23H,5-9H2,1-4H3,(H,17,18,19);1-2H3. The van der Waals surface area contributed by atoms with E-state index in [-0.39, 0.29) is 17.9 Å². The molecule has 1 fully saturated rings. The molecule has 10 heteroatoms. The van der Waals surface area contributed by atoms with Crippen molar-refractivity contribution in [3.8, 4) is 0 Å². The molecule has 1 aromatic heterocycles. The van der Waals surface area contributed by atoms with Gasteiger partial charge in [-0.3, -0.25) is 14.9 Å². The van der Waals surface area contributed by atoms with Gasteiger partial charge < -0.3 is 20.1 Å². The first kappa shape index (κ1) is 23.5. The van der Waals surface area contributed by atoms with Gasteiger partial charge in [0.1, 0.15) is 11.8 Å². The molecule has 0 radical (unpaired) electrons. The quantitative estimate of drug-likeness (QED) is 0.437. The second-order valence-electron chi connectivity index (χ2n) is 7.39. The van der Waals surface area contributed by atoms with E-state index in [1.165, 1.54) is 0 Å². The number of hydrogen-bond donors (Lipinski definition) is 2. The summed E-state index contributed by atoms with van der Waals surface area (Å²) in [6.07, 6.45) is 1.79. The highest BCUT2D eigenvalue weighted by atomic mass is 16.6. The van der Waals surface area contributed by atoms with Crippen LogP contribution in [0.1, 0.15) is 53.9 Å². The van der Waals surface area contributed by atoms with Crippen molar-refractivity contribution in [3.05, 3.63) is 16.3 Å². The molecule has 0 saturated carbocycles. The summed E-state index contributed by atoms with van der Waals surface area (Å²) < 4.78 is 5.27. The van der Waals surface area contributed by atoms with Gasteiger partial charge in [0, 0.05) is 20.1 Å². The lowest BCUT2D eigenvalue weighted by molar-refractivity contribution is -0.384. The first-order valence-electron chi connectivity index (χ1n) is 9.41. The molecule has 0 aromatic carbocycles. The minimum absolute atomic E-state index is 0.0685. The van der Waals surface area contributed by atoms with Crippen LogP contribution >= 0.6 is 0 Å². The van der Waals surface area contributed by atoms with Crippen LogP contribution in [0.3, 0.4) is 0 Å². The Hall–Kier alpha value is -2.49. The molecule has 28 heavy (non-hydrogen) atoms. The summed E-state index contributed by atoms with van der Waals surface area (Å²) >= 11 is 0. The molecule has 0 aliphatic carbocycles. The van der Waals surface area contributed by atoms with E-state index in [1.807, 2.05) is 18.7 Å². The van der Waals surface area contributed by atoms with Crippen LogP contribution in [-0.2, 0) is 9.53 Å². The van der Waals surface area contributed by atoms with Gasteiger partial charge in [0.05, 0.1) is 16.9 Å². The fraction of sp³-hybridized carbons (Fsp3) is 0.722. The number of piperidine rings is 1. The lowest BCUT2D eigenvalue weighted by Crippen LogP contribution is -2.46. The smallest absolute Gasteiger partial charge is 0.329 e. The Labute approximate surface area is 165 Å². The van der Waals surface area contributed by atoms with Gasteiger partial charge in [-0.1, -0.05) is 13.8 Å². The Morgan fingerprint density at radius 3 is 2.43 bits per heavy atom. The first-order chi connectivity index (χ1) is 13.0. The maximum atomic E-state index is 12.0. The zero-order chi connectivity index (χ0) is 21.5. The number of nitrogens with zero attached hydrogens (tertiary/aromatic N) is 4. The number of nitrogens with one attached hydrogen (secondary N) is 1. The van der Waals surface area contributed by atoms with Gasteiger partial charge in [-0.15, -0.1) is 0 Å². The maximum absolute atomic E-state index is 12.0. The van der Waals surface area contributed by atoms with Crippen molar-refractivity contribution < 1.29 is 19.6 Å². The zero-order valence-corrected chi connectivity index (χ0v) is 17.5. The van der Waals surface area contributed by atoms with E-state index in [1.54, 1.807) is 27.8 Å². The lowest BCUT2D eigenvalue weighted by atomic mass is 9.88. The van der Waals surface area contributed by atoms with Crippen molar-refractivity contribution in [1.29, 1.82) is 0 Å². The van der Waals surface area contributed by atoms with E-state index < -0.39 is 22.1 Å². The normalized spacial score (nSPS) is 15.9. The molecular weight excluding hydrogens is 366 g/mol. The molecule has 1 aliphatic heterocycles. The summed E-state index contributed by atoms with van der Waals surface area (Å²) in [4.78, 5) is 32.4. The van der Waals surface area contributed by atoms with E-state index in [0.29, 0.717) is 31.9 Å². The molecule has 1 aliphatic rings. The number of ether oxygens (including phenoxy) is 1. The van der Waals surface area contributed by atoms with Crippen LogP contribution in [-0.4, -0.2) is 57.3 Å². The number of aliphatic hydroxyl groups is 1. The van der Waals surface area contributed by atoms with E-state index >= 15 is 0 Å². The third-order valence-electron chi connectivity index (χ3n) is 4.06. The van der Waals surface area contributed by atoms with Crippen molar-refractivity contribution in [2.24, 2.45) is 0 Å². The number of aromatic nitrogens is 2. The average molecular weight is 397 g/mol. The molecule has 2 N–H and O–H groups in total. The third kappa shape index (κ3) is 6.59. The predicted octanol–water partition coefficient (Wildman–Crippen LogP) is 2.52. The zero-order valence-electron chi connectivity index (χ0n) is 17.5. The van der Waals surface area contributed by atoms with Gasteiger partial charge in [0.25, 0.3) is 0 Å². The molecular formula is C18H31N5O5. The van der Waals surface area contributed by atoms with E-state index in [9.17, 15) is 20.0 Å². The Kier molecular flexibility index (Phi) is 8.10. The second-order valence-corrected chi connectivity index (χ2v) is 7.39. The summed E-state index contributed by atoms with van der Waals surface area (Å²) in [6.45, 7) is 10.2. The number of hydrogen-bond acceptors (Lipinski definition) is 9. The van der Waals surface area contributed by atoms with Crippen molar-refractivity contribution in [2.75, 3.05) is 30.4 Å². The molecule has 1 saturated heterocycles. The van der Waals surface area contributed by atoms with Crippen LogP contribution in [0, 0.1) is 10.1 Å². The maximum Gasteiger partial charge on any atom is 0.329 e. The molecule has 0 spiro atoms. The van der Waals surface area contributed by atoms with Gasteiger partial charge >= 0.3 is 11.7 Å². The minimum atomic E-state index is -1.13. The number of rotatable bonds is 5. The van der Waals surface area contributed by atoms with Gasteiger partial charge in [-0.25, -0.2) is 4.98 Å². The van der Waals surface area contributed by atoms with Crippen LogP contribution in [0.2, 0.25) is 0 Å². The van der Waals surface area contributed by atoms with Crippen LogP contribution in [0.4, 0.5) is 17.5 Å². The number of esters is 1. The van der Waals surface area contributed by atoms with Gasteiger partial charge in [-0.05, 0) is 33.6 Å². The van der Waals surface area contributed by atoms with E-state index in [2.05, 4.69) is 15.3 Å². The Morgan fingerprint density at radius 2 is 1.96 bits per heavy atom. The van der Waals surface area contributed by atoms with Gasteiger partial charge in [0.15, 0.2) is 0 Å². The molecule has 158 valence electrons. The first-order valence-corrected chi connectivity index (χ1v) is 9.41. The van der Waals surface area contributed by atoms with Crippen molar-refractivity contribution in [3.63, 3.8) is 0 Å². The molecule has 10 nitrogen and oxygen atoms in total. The van der Waals surface area contributed by atoms with Crippen molar-refractivity contribution in [1.82, 2.24) is 9.97 Å². The fourth-order valence-corrected chi connectivity index (χ4v) is 2.78. The molecule has 0 amide bonds. The Balaban J connectivity index is 0.00000190. The molecule has 2 rings (SSSR count). The number of nitro groups is 1. The van der Waals surface area contributed by atoms with Crippen LogP contribution in [0.15, 0.2) is 6.20 Å². The second kappa shape index (κ2) is 9.63. The van der Waals surface area contributed by atoms with Crippen LogP contribution in [0.25, 0.3) is 0 Å². The lowest BCUT2D eigenvalue weighted by Gasteiger charge is -2.38. The Morgan fingerprint density at radius 1 is 1.39 bits per heavy atom. The fourth-order valence-electron chi connectivity index (χ4n) is 2.78. The summed E-state index contributed by atoms with van der Waals surface area (Å²) in [6, 6.07) is 0. The van der Waals surface area contributed by atoms with Gasteiger partial charge in [0.2, 0.25) is 11.8 Å². The largest absolute Gasteiger partial charge is 0.460 e. The van der Waals surface area contributed by atoms with Gasteiger partial charge in [-0.2, -0.15) is 4.98 Å². The summed E-state index contributed by atoms with van der Waals surface area (Å²) in [5, 5.41) is 24.3. The van der Waals surface area contributed by atoms with E-state index in [0.717, 1.165) is 6.20 Å². The van der Waals surface area contributed by atoms with E-state index in [4.69, 9.17) is 4.74 Å². The van der Waals surface area contributed by atoms with Crippen molar-refractivity contribution in [2.45, 2.75) is 65.1 Å². The summed E-state index contributed by atoms with van der Waals surface area (Å²) in [5.41, 5.74) is -1.93. The number of carbonyl (C=O) groups excluding carboxylic acids is 1. The number of anilines is 2. The minimum Gasteiger partial charge on any atom is -0.460 e. The van der Waals surface area contributed by atoms with Crippen LogP contribution in [0.5, 0.6) is 0 Å². The van der Waals surface area contributed by atoms with Crippen LogP contribution < -0.4 is 10.2 Å². The number of carbonyl (C=O) groups is 1. The average Bonchev–Trinajstić information content (AvgIpc) is 2.61. The van der Waals surface area contributed by atoms with Crippen molar-refractivity contribution >= 4 is 23.4 Å². The highest BCUT2D eigenvalue weighted by Crippen LogP contribution is 2.30. The highest BCUT2D eigenvalue weighted by Gasteiger charge is 2.37. The molecule has 1 aromatic rings. The SMILES string of the molecule is CC.CNc1nc(N2CCC(O)(CC(=O)OC(C)(C)C)CC2)ncc1[N+](=O)[O-]. The summed E-state index contributed by atoms with van der Waals surface area (Å²) in [5.74, 6) is 0.0476. The third-order valence-corrected chi connectivity index (χ3v) is 4.06. The molecule has 0 atom stereocenters. The molecule has 2 heterocycles. The monoisotopic (exact) mass is 397 g/mol. The summed E-state index contributed by atoms with van der Waals surface area (Å²) in [7, 11) is 1.55. The molecule has 0 unspecified atom stereocenters.